The van der Waals surface area contributed by atoms with Gasteiger partial charge in [-0.15, -0.1) is 0 Å². The van der Waals surface area contributed by atoms with Crippen molar-refractivity contribution >= 4 is 23.2 Å². The van der Waals surface area contributed by atoms with E-state index in [1.165, 1.54) is 0 Å². The summed E-state index contributed by atoms with van der Waals surface area (Å²) in [5, 5.41) is 9.79. The first-order chi connectivity index (χ1) is 8.60. The van der Waals surface area contributed by atoms with Crippen LogP contribution in [0.4, 0.5) is 0 Å². The highest BCUT2D eigenvalue weighted by Gasteiger charge is 2.04. The molecule has 0 bridgehead atoms. The Morgan fingerprint density at radius 3 is 2.17 bits per heavy atom. The molecule has 2 rings (SSSR count). The zero-order valence-corrected chi connectivity index (χ0v) is 11.1. The number of benzene rings is 2. The predicted octanol–water partition coefficient (Wildman–Crippen LogP) is 4.97. The van der Waals surface area contributed by atoms with E-state index in [2.05, 4.69) is 0 Å². The van der Waals surface area contributed by atoms with Gasteiger partial charge in [0.2, 0.25) is 0 Å². The number of ether oxygens (including phenoxy) is 1. The first-order valence-corrected chi connectivity index (χ1v) is 5.99. The third-order valence-electron chi connectivity index (χ3n) is 2.44. The van der Waals surface area contributed by atoms with E-state index in [1.807, 2.05) is 25.1 Å². The molecule has 0 N–H and O–H groups in total. The maximum absolute atomic E-state index is 8.77. The van der Waals surface area contributed by atoms with E-state index >= 15 is 0 Å². The average Bonchev–Trinajstić information content (AvgIpc) is 2.34. The normalized spacial score (nSPS) is 9.89. The Hall–Kier alpha value is -1.69. The molecular formula is C14H9Cl2NO. The Morgan fingerprint density at radius 2 is 1.61 bits per heavy atom. The summed E-state index contributed by atoms with van der Waals surface area (Å²) in [6.07, 6.45) is 0. The second kappa shape index (κ2) is 5.30. The van der Waals surface area contributed by atoms with E-state index in [0.717, 1.165) is 5.56 Å². The first kappa shape index (κ1) is 12.8. The van der Waals surface area contributed by atoms with Crippen LogP contribution in [-0.2, 0) is 0 Å². The van der Waals surface area contributed by atoms with Crippen molar-refractivity contribution in [1.82, 2.24) is 0 Å². The summed E-state index contributed by atoms with van der Waals surface area (Å²) in [4.78, 5) is 0. The van der Waals surface area contributed by atoms with Gasteiger partial charge in [0.15, 0.2) is 0 Å². The molecule has 2 aromatic rings. The van der Waals surface area contributed by atoms with Gasteiger partial charge in [-0.2, -0.15) is 5.26 Å². The molecule has 2 aromatic carbocycles. The minimum absolute atomic E-state index is 0.369. The zero-order valence-electron chi connectivity index (χ0n) is 9.58. The molecule has 18 heavy (non-hydrogen) atoms. The maximum Gasteiger partial charge on any atom is 0.129 e. The van der Waals surface area contributed by atoms with Gasteiger partial charge in [0.1, 0.15) is 17.6 Å². The molecule has 0 aliphatic rings. The standard InChI is InChI=1S/C14H9Cl2NO/c1-9-2-4-11(6-13(9)15)18-12-5-3-10(8-17)14(16)7-12/h2-7H,1H3. The van der Waals surface area contributed by atoms with Crippen molar-refractivity contribution in [1.29, 1.82) is 5.26 Å². The molecule has 0 amide bonds. The molecular weight excluding hydrogens is 269 g/mol. The van der Waals surface area contributed by atoms with Gasteiger partial charge in [-0.1, -0.05) is 29.3 Å². The Bertz CT molecular complexity index is 632. The van der Waals surface area contributed by atoms with Crippen molar-refractivity contribution in [3.05, 3.63) is 57.6 Å². The third kappa shape index (κ3) is 2.76. The SMILES string of the molecule is Cc1ccc(Oc2ccc(C#N)c(Cl)c2)cc1Cl. The van der Waals surface area contributed by atoms with E-state index in [-0.39, 0.29) is 0 Å². The van der Waals surface area contributed by atoms with Crippen LogP contribution in [-0.4, -0.2) is 0 Å². The highest BCUT2D eigenvalue weighted by Crippen LogP contribution is 2.29. The Balaban J connectivity index is 2.26. The van der Waals surface area contributed by atoms with Crippen LogP contribution < -0.4 is 4.74 Å². The van der Waals surface area contributed by atoms with Crippen molar-refractivity contribution in [3.63, 3.8) is 0 Å². The lowest BCUT2D eigenvalue weighted by Crippen LogP contribution is -1.86. The van der Waals surface area contributed by atoms with Crippen LogP contribution in [0.25, 0.3) is 0 Å². The monoisotopic (exact) mass is 277 g/mol. The minimum atomic E-state index is 0.369. The second-order valence-corrected chi connectivity index (χ2v) is 4.58. The fraction of sp³-hybridized carbons (Fsp3) is 0.0714. The van der Waals surface area contributed by atoms with Crippen LogP contribution >= 0.6 is 23.2 Å². The molecule has 0 heterocycles. The van der Waals surface area contributed by atoms with Crippen LogP contribution in [0.1, 0.15) is 11.1 Å². The number of nitriles is 1. The maximum atomic E-state index is 8.77. The van der Waals surface area contributed by atoms with Gasteiger partial charge in [-0.05, 0) is 36.8 Å². The Labute approximate surface area is 115 Å². The molecule has 0 aliphatic heterocycles. The molecule has 0 radical (unpaired) electrons. The van der Waals surface area contributed by atoms with E-state index in [0.29, 0.717) is 27.1 Å². The van der Waals surface area contributed by atoms with Crippen molar-refractivity contribution < 1.29 is 4.74 Å². The fourth-order valence-corrected chi connectivity index (χ4v) is 1.81. The van der Waals surface area contributed by atoms with Gasteiger partial charge in [0.05, 0.1) is 10.6 Å². The highest BCUT2D eigenvalue weighted by molar-refractivity contribution is 6.32. The van der Waals surface area contributed by atoms with Gasteiger partial charge in [0.25, 0.3) is 0 Å². The quantitative estimate of drug-likeness (QED) is 0.777. The number of aryl methyl sites for hydroxylation is 1. The van der Waals surface area contributed by atoms with Crippen molar-refractivity contribution in [3.8, 4) is 17.6 Å². The van der Waals surface area contributed by atoms with Crippen molar-refractivity contribution in [2.45, 2.75) is 6.92 Å². The lowest BCUT2D eigenvalue weighted by molar-refractivity contribution is 0.482. The van der Waals surface area contributed by atoms with Crippen LogP contribution in [0.2, 0.25) is 10.0 Å². The van der Waals surface area contributed by atoms with Crippen LogP contribution in [0, 0.1) is 18.3 Å². The molecule has 0 aromatic heterocycles. The van der Waals surface area contributed by atoms with Gasteiger partial charge in [-0.3, -0.25) is 0 Å². The van der Waals surface area contributed by atoms with Crippen molar-refractivity contribution in [2.75, 3.05) is 0 Å². The van der Waals surface area contributed by atoms with Crippen LogP contribution in [0.5, 0.6) is 11.5 Å². The topological polar surface area (TPSA) is 33.0 Å². The van der Waals surface area contributed by atoms with Crippen molar-refractivity contribution in [2.24, 2.45) is 0 Å². The molecule has 0 saturated heterocycles. The van der Waals surface area contributed by atoms with Gasteiger partial charge in [0, 0.05) is 11.1 Å². The summed E-state index contributed by atoms with van der Waals surface area (Å²) in [5.74, 6) is 1.20. The minimum Gasteiger partial charge on any atom is -0.457 e. The van der Waals surface area contributed by atoms with Gasteiger partial charge < -0.3 is 4.74 Å². The second-order valence-electron chi connectivity index (χ2n) is 3.77. The third-order valence-corrected chi connectivity index (χ3v) is 3.16. The molecule has 90 valence electrons. The molecule has 0 unspecified atom stereocenters. The molecule has 0 saturated carbocycles. The predicted molar refractivity (Wildman–Crippen MR) is 72.4 cm³/mol. The summed E-state index contributed by atoms with van der Waals surface area (Å²) < 4.78 is 5.62. The lowest BCUT2D eigenvalue weighted by Gasteiger charge is -2.07. The summed E-state index contributed by atoms with van der Waals surface area (Å²) in [6, 6.07) is 12.4. The fourth-order valence-electron chi connectivity index (χ4n) is 1.42. The average molecular weight is 278 g/mol. The highest BCUT2D eigenvalue weighted by atomic mass is 35.5. The zero-order chi connectivity index (χ0) is 13.1. The smallest absolute Gasteiger partial charge is 0.129 e. The molecule has 0 fully saturated rings. The van der Waals surface area contributed by atoms with Gasteiger partial charge >= 0.3 is 0 Å². The molecule has 0 spiro atoms. The van der Waals surface area contributed by atoms with E-state index in [4.69, 9.17) is 33.2 Å². The molecule has 4 heteroatoms. The summed E-state index contributed by atoms with van der Waals surface area (Å²) >= 11 is 11.9. The largest absolute Gasteiger partial charge is 0.457 e. The van der Waals surface area contributed by atoms with E-state index in [1.54, 1.807) is 24.3 Å². The summed E-state index contributed by atoms with van der Waals surface area (Å²) in [7, 11) is 0. The number of halogens is 2. The number of hydrogen-bond donors (Lipinski definition) is 0. The molecule has 0 aliphatic carbocycles. The number of rotatable bonds is 2. The summed E-state index contributed by atoms with van der Waals surface area (Å²) in [6.45, 7) is 1.92. The van der Waals surface area contributed by atoms with Crippen LogP contribution in [0.15, 0.2) is 36.4 Å². The Kier molecular flexibility index (Phi) is 3.76. The van der Waals surface area contributed by atoms with Gasteiger partial charge in [-0.25, -0.2) is 0 Å². The first-order valence-electron chi connectivity index (χ1n) is 5.24. The summed E-state index contributed by atoms with van der Waals surface area (Å²) in [5.41, 5.74) is 1.41. The number of nitrogens with zero attached hydrogens (tertiary/aromatic N) is 1. The molecule has 2 nitrogen and oxygen atoms in total. The van der Waals surface area contributed by atoms with E-state index in [9.17, 15) is 0 Å². The lowest BCUT2D eigenvalue weighted by atomic mass is 10.2. The van der Waals surface area contributed by atoms with Crippen LogP contribution in [0.3, 0.4) is 0 Å². The molecule has 0 atom stereocenters. The Morgan fingerprint density at radius 1 is 1.00 bits per heavy atom. The number of hydrogen-bond acceptors (Lipinski definition) is 2. The van der Waals surface area contributed by atoms with E-state index < -0.39 is 0 Å².